The van der Waals surface area contributed by atoms with Crippen LogP contribution in [0.15, 0.2) is 24.3 Å². The largest absolute Gasteiger partial charge is 0.415 e. The second-order valence-electron chi connectivity index (χ2n) is 9.40. The highest BCUT2D eigenvalue weighted by molar-refractivity contribution is 5.79. The molecule has 0 aliphatic carbocycles. The Morgan fingerprint density at radius 2 is 2.00 bits per heavy atom. The van der Waals surface area contributed by atoms with Crippen LogP contribution in [0.5, 0.6) is 5.75 Å². The van der Waals surface area contributed by atoms with Gasteiger partial charge >= 0.3 is 6.09 Å². The van der Waals surface area contributed by atoms with Gasteiger partial charge in [-0.05, 0) is 69.2 Å². The van der Waals surface area contributed by atoms with Gasteiger partial charge in [0.15, 0.2) is 0 Å². The predicted molar refractivity (Wildman–Crippen MR) is 118 cm³/mol. The fourth-order valence-electron chi connectivity index (χ4n) is 5.47. The normalized spacial score (nSPS) is 23.8. The van der Waals surface area contributed by atoms with Gasteiger partial charge in [0.1, 0.15) is 5.75 Å². The van der Waals surface area contributed by atoms with Crippen LogP contribution in [-0.2, 0) is 4.79 Å². The van der Waals surface area contributed by atoms with E-state index in [-0.39, 0.29) is 29.1 Å². The number of ether oxygens (including phenoxy) is 1. The van der Waals surface area contributed by atoms with Crippen LogP contribution in [-0.4, -0.2) is 65.0 Å². The number of nitrogens with zero attached hydrogens (tertiary/aromatic N) is 3. The van der Waals surface area contributed by atoms with Crippen molar-refractivity contribution in [3.63, 3.8) is 0 Å². The average Bonchev–Trinajstić information content (AvgIpc) is 3.40. The van der Waals surface area contributed by atoms with E-state index in [1.165, 1.54) is 24.3 Å². The molecule has 9 heteroatoms. The summed E-state index contributed by atoms with van der Waals surface area (Å²) in [5.41, 5.74) is 0.107. The average molecular weight is 445 g/mol. The van der Waals surface area contributed by atoms with E-state index in [9.17, 15) is 19.7 Å². The molecule has 9 nitrogen and oxygen atoms in total. The smallest absolute Gasteiger partial charge is 0.410 e. The summed E-state index contributed by atoms with van der Waals surface area (Å²) in [6.07, 6.45) is 6.20. The van der Waals surface area contributed by atoms with E-state index in [0.717, 1.165) is 58.2 Å². The van der Waals surface area contributed by atoms with E-state index in [0.29, 0.717) is 24.8 Å². The number of amides is 2. The van der Waals surface area contributed by atoms with Crippen LogP contribution < -0.4 is 10.1 Å². The van der Waals surface area contributed by atoms with Gasteiger partial charge < -0.3 is 19.9 Å². The fourth-order valence-corrected chi connectivity index (χ4v) is 5.47. The quantitative estimate of drug-likeness (QED) is 0.533. The van der Waals surface area contributed by atoms with Gasteiger partial charge in [-0.1, -0.05) is 6.92 Å². The van der Waals surface area contributed by atoms with Crippen molar-refractivity contribution in [3.05, 3.63) is 34.4 Å². The minimum atomic E-state index is -0.476. The number of likely N-dealkylation sites (tertiary alicyclic amines) is 2. The molecule has 3 aliphatic heterocycles. The van der Waals surface area contributed by atoms with Crippen LogP contribution in [0.3, 0.4) is 0 Å². The summed E-state index contributed by atoms with van der Waals surface area (Å²) in [5.74, 6) is 0.498. The number of hydrogen-bond acceptors (Lipinski definition) is 6. The topological polar surface area (TPSA) is 105 Å². The van der Waals surface area contributed by atoms with Crippen molar-refractivity contribution in [1.82, 2.24) is 15.1 Å². The Morgan fingerprint density at radius 3 is 2.59 bits per heavy atom. The lowest BCUT2D eigenvalue weighted by Gasteiger charge is -2.43. The van der Waals surface area contributed by atoms with E-state index >= 15 is 0 Å². The molecule has 3 heterocycles. The first-order valence-electron chi connectivity index (χ1n) is 11.6. The Morgan fingerprint density at radius 1 is 1.28 bits per heavy atom. The lowest BCUT2D eigenvalue weighted by atomic mass is 9.77. The van der Waals surface area contributed by atoms with Crippen molar-refractivity contribution >= 4 is 17.7 Å². The first kappa shape index (κ1) is 22.5. The summed E-state index contributed by atoms with van der Waals surface area (Å²) in [6, 6.07) is 6.14. The lowest BCUT2D eigenvalue weighted by Crippen LogP contribution is -2.48. The zero-order chi connectivity index (χ0) is 22.7. The highest BCUT2D eigenvalue weighted by Gasteiger charge is 2.42. The summed E-state index contributed by atoms with van der Waals surface area (Å²) in [6.45, 7) is 5.66. The number of nitro benzene ring substituents is 1. The Bertz CT molecular complexity index is 850. The van der Waals surface area contributed by atoms with Gasteiger partial charge in [-0.2, -0.15) is 0 Å². The molecule has 2 amide bonds. The number of non-ortho nitro benzene ring substituents is 1. The fraction of sp³-hybridized carbons (Fsp3) is 0.652. The lowest BCUT2D eigenvalue weighted by molar-refractivity contribution is -0.384. The molecule has 3 aliphatic rings. The number of nitro groups is 1. The van der Waals surface area contributed by atoms with Crippen molar-refractivity contribution in [1.29, 1.82) is 0 Å². The molecule has 3 fully saturated rings. The number of benzene rings is 1. The van der Waals surface area contributed by atoms with Gasteiger partial charge in [0.05, 0.1) is 4.92 Å². The van der Waals surface area contributed by atoms with Gasteiger partial charge in [0.25, 0.3) is 5.69 Å². The summed E-state index contributed by atoms with van der Waals surface area (Å²) < 4.78 is 5.51. The van der Waals surface area contributed by atoms with Crippen LogP contribution >= 0.6 is 0 Å². The van der Waals surface area contributed by atoms with Crippen LogP contribution in [0.1, 0.15) is 51.9 Å². The molecule has 2 atom stereocenters. The Labute approximate surface area is 188 Å². The molecule has 32 heavy (non-hydrogen) atoms. The molecule has 3 saturated heterocycles. The van der Waals surface area contributed by atoms with Crippen molar-refractivity contribution in [3.8, 4) is 5.75 Å². The monoisotopic (exact) mass is 444 g/mol. The maximum absolute atomic E-state index is 12.8. The molecule has 174 valence electrons. The highest BCUT2D eigenvalue weighted by atomic mass is 16.6. The second-order valence-corrected chi connectivity index (χ2v) is 9.40. The molecular weight excluding hydrogens is 412 g/mol. The molecule has 0 radical (unpaired) electrons. The number of nitrogens with one attached hydrogen (secondary N) is 1. The molecule has 0 aromatic heterocycles. The van der Waals surface area contributed by atoms with Crippen molar-refractivity contribution in [2.24, 2.45) is 5.41 Å². The summed E-state index contributed by atoms with van der Waals surface area (Å²) in [5, 5.41) is 13.8. The van der Waals surface area contributed by atoms with Gasteiger partial charge in [-0.3, -0.25) is 14.9 Å². The Balaban J connectivity index is 1.32. The van der Waals surface area contributed by atoms with Crippen molar-refractivity contribution in [2.45, 2.75) is 64.0 Å². The molecule has 1 aromatic rings. The molecule has 1 aromatic carbocycles. The maximum Gasteiger partial charge on any atom is 0.415 e. The third-order valence-corrected chi connectivity index (χ3v) is 7.45. The van der Waals surface area contributed by atoms with Gasteiger partial charge in [0, 0.05) is 43.7 Å². The zero-order valence-electron chi connectivity index (χ0n) is 18.6. The first-order valence-corrected chi connectivity index (χ1v) is 11.6. The third-order valence-electron chi connectivity index (χ3n) is 7.45. The summed E-state index contributed by atoms with van der Waals surface area (Å²) >= 11 is 0. The predicted octanol–water partition coefficient (Wildman–Crippen LogP) is 3.33. The molecule has 1 spiro atoms. The standard InChI is InChI=1S/C23H32N4O5/c1-2-17(25-12-9-23(10-13-25)15-21(28)24-16-23)14-19-4-3-11-26(19)22(29)32-20-7-5-18(6-8-20)27(30)31/h5-8,17,19H,2-4,9-16H2,1H3,(H,24,28). The van der Waals surface area contributed by atoms with Crippen LogP contribution in [0.4, 0.5) is 10.5 Å². The number of carbonyl (C=O) groups excluding carboxylic acids is 2. The van der Waals surface area contributed by atoms with Crippen molar-refractivity contribution < 1.29 is 19.2 Å². The van der Waals surface area contributed by atoms with E-state index in [4.69, 9.17) is 4.74 Å². The molecule has 0 bridgehead atoms. The minimum absolute atomic E-state index is 0.0318. The number of carbonyl (C=O) groups is 2. The summed E-state index contributed by atoms with van der Waals surface area (Å²) in [7, 11) is 0. The zero-order valence-corrected chi connectivity index (χ0v) is 18.6. The molecule has 1 N–H and O–H groups in total. The van der Waals surface area contributed by atoms with Gasteiger partial charge in [-0.25, -0.2) is 4.79 Å². The number of piperidine rings is 1. The van der Waals surface area contributed by atoms with E-state index in [1.54, 1.807) is 0 Å². The minimum Gasteiger partial charge on any atom is -0.410 e. The number of hydrogen-bond donors (Lipinski definition) is 1. The Hall–Kier alpha value is -2.68. The second kappa shape index (κ2) is 9.44. The van der Waals surface area contributed by atoms with Crippen LogP contribution in [0, 0.1) is 15.5 Å². The SMILES string of the molecule is CCC(CC1CCCN1C(=O)Oc1ccc([N+](=O)[O-])cc1)N1CCC2(CC1)CNC(=O)C2. The van der Waals surface area contributed by atoms with Crippen LogP contribution in [0.2, 0.25) is 0 Å². The van der Waals surface area contributed by atoms with E-state index < -0.39 is 4.92 Å². The third kappa shape index (κ3) is 4.87. The first-order chi connectivity index (χ1) is 15.4. The van der Waals surface area contributed by atoms with Crippen molar-refractivity contribution in [2.75, 3.05) is 26.2 Å². The number of rotatable bonds is 6. The van der Waals surface area contributed by atoms with Gasteiger partial charge in [0.2, 0.25) is 5.91 Å². The van der Waals surface area contributed by atoms with Crippen LogP contribution in [0.25, 0.3) is 0 Å². The summed E-state index contributed by atoms with van der Waals surface area (Å²) in [4.78, 5) is 39.2. The maximum atomic E-state index is 12.8. The van der Waals surface area contributed by atoms with E-state index in [1.807, 2.05) is 4.90 Å². The Kier molecular flexibility index (Phi) is 6.64. The molecule has 0 saturated carbocycles. The van der Waals surface area contributed by atoms with E-state index in [2.05, 4.69) is 17.1 Å². The highest BCUT2D eigenvalue weighted by Crippen LogP contribution is 2.39. The molecule has 2 unspecified atom stereocenters. The molecule has 4 rings (SSSR count). The van der Waals surface area contributed by atoms with Gasteiger partial charge in [-0.15, -0.1) is 0 Å². The molecular formula is C23H32N4O5.